The van der Waals surface area contributed by atoms with Crippen LogP contribution in [0.4, 0.5) is 34.1 Å². The van der Waals surface area contributed by atoms with E-state index in [4.69, 9.17) is 11.3 Å². The lowest BCUT2D eigenvalue weighted by Gasteiger charge is -2.25. The van der Waals surface area contributed by atoms with Crippen LogP contribution in [-0.4, -0.2) is 36.0 Å². The molecule has 0 aromatic heterocycles. The summed E-state index contributed by atoms with van der Waals surface area (Å²) in [6, 6.07) is 5.02. The monoisotopic (exact) mass is 501 g/mol. The maximum Gasteiger partial charge on any atom is 0.303 e. The quantitative estimate of drug-likeness (QED) is 0.128. The number of benzene rings is 2. The van der Waals surface area contributed by atoms with Crippen molar-refractivity contribution in [1.29, 1.82) is 0 Å². The van der Waals surface area contributed by atoms with Crippen LogP contribution in [0.3, 0.4) is 0 Å². The summed E-state index contributed by atoms with van der Waals surface area (Å²) in [5, 5.41) is 33.5. The van der Waals surface area contributed by atoms with Crippen LogP contribution in [0.25, 0.3) is 4.25 Å². The third kappa shape index (κ3) is 6.64. The van der Waals surface area contributed by atoms with Crippen LogP contribution in [0.15, 0.2) is 39.4 Å². The molecule has 1 N–H and O–H groups in total. The van der Waals surface area contributed by atoms with Crippen molar-refractivity contribution >= 4 is 52.0 Å². The summed E-state index contributed by atoms with van der Waals surface area (Å²) in [5.74, 6) is 0.0824. The number of amides is 1. The van der Waals surface area contributed by atoms with Gasteiger partial charge in [0.1, 0.15) is 11.4 Å². The van der Waals surface area contributed by atoms with E-state index in [0.29, 0.717) is 29.9 Å². The van der Waals surface area contributed by atoms with Gasteiger partial charge in [0.2, 0.25) is 5.91 Å². The molecule has 0 unspecified atom stereocenters. The van der Waals surface area contributed by atoms with Crippen molar-refractivity contribution < 1.29 is 19.4 Å². The average Bonchev–Trinajstić information content (AvgIpc) is 2.81. The van der Waals surface area contributed by atoms with Gasteiger partial charge in [0.05, 0.1) is 34.4 Å². The Morgan fingerprint density at radius 3 is 2.31 bits per heavy atom. The van der Waals surface area contributed by atoms with Crippen molar-refractivity contribution in [2.24, 2.45) is 10.2 Å². The Bertz CT molecular complexity index is 1210. The number of carbonyl (C=O) groups excluding carboxylic acids is 1. The number of ether oxygens (including phenoxy) is 1. The molecular formula is C21H23N7O6S. The molecule has 2 aromatic carbocycles. The fraction of sp³-hybridized carbons (Fsp3) is 0.333. The number of nitrogens with one attached hydrogen (secondary N) is 1. The number of azo groups is 1. The average molecular weight is 502 g/mol. The molecule has 13 nitrogen and oxygen atoms in total. The van der Waals surface area contributed by atoms with Crippen LogP contribution in [0.1, 0.15) is 27.2 Å². The summed E-state index contributed by atoms with van der Waals surface area (Å²) >= 11 is 0.460. The Hall–Kier alpha value is -4.25. The van der Waals surface area contributed by atoms with E-state index in [0.717, 1.165) is 30.8 Å². The Morgan fingerprint density at radius 2 is 1.80 bits per heavy atom. The lowest BCUT2D eigenvalue weighted by Crippen LogP contribution is -2.24. The van der Waals surface area contributed by atoms with Crippen molar-refractivity contribution in [1.82, 2.24) is 0 Å². The van der Waals surface area contributed by atoms with Gasteiger partial charge in [-0.1, -0.05) is 6.92 Å². The Labute approximate surface area is 205 Å². The van der Waals surface area contributed by atoms with Gasteiger partial charge in [-0.15, -0.1) is 10.2 Å². The van der Waals surface area contributed by atoms with E-state index in [1.165, 1.54) is 20.1 Å². The second-order valence-corrected chi connectivity index (χ2v) is 7.81. The van der Waals surface area contributed by atoms with Crippen LogP contribution < -0.4 is 15.0 Å². The van der Waals surface area contributed by atoms with Gasteiger partial charge < -0.3 is 15.0 Å². The van der Waals surface area contributed by atoms with Crippen LogP contribution in [0, 0.1) is 26.8 Å². The molecule has 0 spiro atoms. The van der Waals surface area contributed by atoms with Crippen molar-refractivity contribution in [2.45, 2.75) is 32.1 Å². The van der Waals surface area contributed by atoms with Gasteiger partial charge in [-0.05, 0) is 19.4 Å². The van der Waals surface area contributed by atoms with E-state index >= 15 is 0 Å². The Kier molecular flexibility index (Phi) is 9.47. The maximum atomic E-state index is 11.8. The third-order valence-corrected chi connectivity index (χ3v) is 5.30. The summed E-state index contributed by atoms with van der Waals surface area (Å²) in [4.78, 5) is 35.0. The van der Waals surface area contributed by atoms with E-state index in [2.05, 4.69) is 24.7 Å². The highest BCUT2D eigenvalue weighted by atomic mass is 32.2. The van der Waals surface area contributed by atoms with Gasteiger partial charge in [-0.25, -0.2) is 10.8 Å². The molecule has 0 saturated carbocycles. The first-order valence-electron chi connectivity index (χ1n) is 10.3. The van der Waals surface area contributed by atoms with E-state index in [1.54, 1.807) is 6.07 Å². The minimum absolute atomic E-state index is 0.113. The van der Waals surface area contributed by atoms with Gasteiger partial charge in [0, 0.05) is 32.1 Å². The minimum Gasteiger partial charge on any atom is -0.494 e. The van der Waals surface area contributed by atoms with E-state index in [9.17, 15) is 25.0 Å². The zero-order valence-electron chi connectivity index (χ0n) is 19.5. The molecule has 35 heavy (non-hydrogen) atoms. The first-order chi connectivity index (χ1) is 16.7. The second kappa shape index (κ2) is 12.3. The predicted octanol–water partition coefficient (Wildman–Crippen LogP) is 6.05. The summed E-state index contributed by atoms with van der Waals surface area (Å²) in [7, 11) is 1.48. The second-order valence-electron chi connectivity index (χ2n) is 7.01. The van der Waals surface area contributed by atoms with Crippen LogP contribution in [0.5, 0.6) is 5.75 Å². The highest BCUT2D eigenvalue weighted by Gasteiger charge is 2.27. The molecule has 0 aliphatic carbocycles. The first kappa shape index (κ1) is 27.0. The molecule has 0 aliphatic rings. The molecule has 14 heteroatoms. The SMILES string of the molecule is [C-]#[N+]Sc1cc(N=Nc2cc(OC)c(N(CC)CCC)cc2NC(C)=O)c([N+](=O)[O-])cc1[N+](=O)[O-]. The topological polar surface area (TPSA) is 157 Å². The van der Waals surface area contributed by atoms with E-state index < -0.39 is 21.2 Å². The molecule has 0 saturated heterocycles. The van der Waals surface area contributed by atoms with E-state index in [-0.39, 0.29) is 22.2 Å². The number of nitro groups is 2. The number of methoxy groups -OCH3 is 1. The third-order valence-electron chi connectivity index (χ3n) is 4.68. The number of carbonyl (C=O) groups is 1. The Morgan fingerprint density at radius 1 is 1.14 bits per heavy atom. The zero-order valence-corrected chi connectivity index (χ0v) is 20.3. The fourth-order valence-electron chi connectivity index (χ4n) is 3.21. The molecule has 0 fully saturated rings. The summed E-state index contributed by atoms with van der Waals surface area (Å²) in [6.07, 6.45) is 0.878. The molecule has 184 valence electrons. The number of hydrogen-bond acceptors (Lipinski definition) is 10. The minimum atomic E-state index is -0.823. The van der Waals surface area contributed by atoms with Crippen molar-refractivity contribution in [3.05, 3.63) is 55.3 Å². The number of rotatable bonds is 11. The summed E-state index contributed by atoms with van der Waals surface area (Å²) in [6.45, 7) is 13.7. The molecule has 2 rings (SSSR count). The smallest absolute Gasteiger partial charge is 0.303 e. The molecule has 0 aliphatic heterocycles. The van der Waals surface area contributed by atoms with E-state index in [1.807, 2.05) is 13.8 Å². The summed E-state index contributed by atoms with van der Waals surface area (Å²) in [5.41, 5.74) is -0.356. The normalized spacial score (nSPS) is 10.6. The number of nitro benzene ring substituents is 2. The summed E-state index contributed by atoms with van der Waals surface area (Å²) < 4.78 is 8.56. The standard InChI is InChI=1S/C21H23N7O6S/c1-6-8-26(7-2)18-9-14(23-13(3)29)15(10-20(18)34-5)24-25-16-11-21(35-22-4)19(28(32)33)12-17(16)27(30)31/h9-12H,6-8H2,1-3,5H3,(H,23,29). The predicted molar refractivity (Wildman–Crippen MR) is 132 cm³/mol. The molecule has 0 heterocycles. The maximum absolute atomic E-state index is 11.8. The van der Waals surface area contributed by atoms with Gasteiger partial charge in [-0.3, -0.25) is 25.0 Å². The van der Waals surface area contributed by atoms with Gasteiger partial charge in [0.15, 0.2) is 10.6 Å². The fourth-order valence-corrected chi connectivity index (χ4v) is 3.69. The van der Waals surface area contributed by atoms with Crippen LogP contribution >= 0.6 is 11.9 Å². The zero-order chi connectivity index (χ0) is 26.1. The number of nitrogens with zero attached hydrogens (tertiary/aromatic N) is 6. The highest BCUT2D eigenvalue weighted by molar-refractivity contribution is 8.01. The first-order valence-corrected chi connectivity index (χ1v) is 11.1. The number of hydrogen-bond donors (Lipinski definition) is 1. The molecule has 2 aromatic rings. The lowest BCUT2D eigenvalue weighted by molar-refractivity contribution is -0.395. The van der Waals surface area contributed by atoms with Crippen molar-refractivity contribution in [2.75, 3.05) is 30.4 Å². The molecule has 0 atom stereocenters. The largest absolute Gasteiger partial charge is 0.494 e. The Balaban J connectivity index is 2.69. The highest BCUT2D eigenvalue weighted by Crippen LogP contribution is 2.43. The van der Waals surface area contributed by atoms with Gasteiger partial charge in [0.25, 0.3) is 5.69 Å². The molecule has 0 radical (unpaired) electrons. The van der Waals surface area contributed by atoms with Crippen LogP contribution in [-0.2, 0) is 4.79 Å². The molecular weight excluding hydrogens is 478 g/mol. The van der Waals surface area contributed by atoms with Crippen LogP contribution in [0.2, 0.25) is 0 Å². The number of anilines is 2. The van der Waals surface area contributed by atoms with Gasteiger partial charge in [-0.2, -0.15) is 0 Å². The van der Waals surface area contributed by atoms with Crippen molar-refractivity contribution in [3.8, 4) is 5.75 Å². The molecule has 1 amide bonds. The van der Waals surface area contributed by atoms with Gasteiger partial charge >= 0.3 is 17.6 Å². The van der Waals surface area contributed by atoms with Crippen molar-refractivity contribution in [3.63, 3.8) is 0 Å². The molecule has 0 bridgehead atoms. The lowest BCUT2D eigenvalue weighted by atomic mass is 10.2.